The van der Waals surface area contributed by atoms with Gasteiger partial charge in [-0.3, -0.25) is 14.8 Å². The molecule has 0 fully saturated rings. The minimum absolute atomic E-state index is 0.137. The Balaban J connectivity index is 1.47. The van der Waals surface area contributed by atoms with Gasteiger partial charge >= 0.3 is 0 Å². The maximum atomic E-state index is 12.9. The maximum Gasteiger partial charge on any atom is 0.248 e. The molecule has 1 aromatic carbocycles. The molecule has 126 valence electrons. The monoisotopic (exact) mass is 349 g/mol. The van der Waals surface area contributed by atoms with Crippen molar-refractivity contribution < 1.29 is 4.79 Å². The quantitative estimate of drug-likeness (QED) is 0.854. The topological polar surface area (TPSA) is 45.6 Å². The minimum Gasteiger partial charge on any atom is -0.336 e. The van der Waals surface area contributed by atoms with E-state index in [0.717, 1.165) is 34.9 Å². The summed E-state index contributed by atoms with van der Waals surface area (Å²) in [5.41, 5.74) is 3.43. The molecule has 2 aliphatic rings. The molecule has 4 rings (SSSR count). The molecular weight excluding hydrogens is 330 g/mol. The molecule has 0 N–H and O–H groups in total. The van der Waals surface area contributed by atoms with E-state index >= 15 is 0 Å². The number of amides is 1. The summed E-state index contributed by atoms with van der Waals surface area (Å²) in [6.07, 6.45) is 6.70. The zero-order chi connectivity index (χ0) is 17.1. The van der Waals surface area contributed by atoms with Crippen LogP contribution in [0.5, 0.6) is 0 Å². The van der Waals surface area contributed by atoms with E-state index in [1.807, 2.05) is 47.4 Å². The van der Waals surface area contributed by atoms with Crippen LogP contribution in [0.4, 0.5) is 0 Å². The first-order chi connectivity index (χ1) is 12.3. The first kappa shape index (κ1) is 16.1. The molecule has 2 aromatic rings. The molecule has 1 amide bonds. The predicted molar refractivity (Wildman–Crippen MR) is 103 cm³/mol. The Morgan fingerprint density at radius 2 is 1.88 bits per heavy atom. The lowest BCUT2D eigenvalue weighted by Crippen LogP contribution is -2.41. The molecule has 1 aromatic heterocycles. The molecule has 3 heterocycles. The van der Waals surface area contributed by atoms with Crippen molar-refractivity contribution in [3.8, 4) is 0 Å². The predicted octanol–water partition coefficient (Wildman–Crippen LogP) is 3.26. The van der Waals surface area contributed by atoms with Gasteiger partial charge in [0.05, 0.1) is 5.04 Å². The standard InChI is InChI=1S/C20H19N3OS/c24-20(18-14-25-19(22-18)16-5-2-1-3-6-16)23-12-4-7-17(13-23)15-8-10-21-11-9-15/h1-3,5-11,18H,4,12-14H2/t18-/m0/s1. The number of rotatable bonds is 3. The highest BCUT2D eigenvalue weighted by molar-refractivity contribution is 8.14. The van der Waals surface area contributed by atoms with Gasteiger partial charge in [-0.15, -0.1) is 11.8 Å². The van der Waals surface area contributed by atoms with Gasteiger partial charge in [-0.25, -0.2) is 0 Å². The van der Waals surface area contributed by atoms with Crippen LogP contribution < -0.4 is 0 Å². The Kier molecular flexibility index (Phi) is 4.65. The first-order valence-electron chi connectivity index (χ1n) is 8.45. The van der Waals surface area contributed by atoms with E-state index in [4.69, 9.17) is 4.99 Å². The lowest BCUT2D eigenvalue weighted by molar-refractivity contribution is -0.131. The molecule has 0 bridgehead atoms. The van der Waals surface area contributed by atoms with Gasteiger partial charge in [-0.05, 0) is 29.7 Å². The lowest BCUT2D eigenvalue weighted by atomic mass is 10.0. The van der Waals surface area contributed by atoms with E-state index in [0.29, 0.717) is 6.54 Å². The molecule has 0 spiro atoms. The van der Waals surface area contributed by atoms with E-state index in [-0.39, 0.29) is 11.9 Å². The number of thioether (sulfide) groups is 1. The van der Waals surface area contributed by atoms with Crippen molar-refractivity contribution in [3.63, 3.8) is 0 Å². The molecule has 0 radical (unpaired) electrons. The molecule has 1 atom stereocenters. The van der Waals surface area contributed by atoms with E-state index in [9.17, 15) is 4.79 Å². The second kappa shape index (κ2) is 7.23. The summed E-state index contributed by atoms with van der Waals surface area (Å²) < 4.78 is 0. The number of pyridine rings is 1. The molecule has 4 nitrogen and oxygen atoms in total. The molecular formula is C20H19N3OS. The van der Waals surface area contributed by atoms with Crippen molar-refractivity contribution >= 4 is 28.3 Å². The zero-order valence-corrected chi connectivity index (χ0v) is 14.7. The average molecular weight is 349 g/mol. The molecule has 2 aliphatic heterocycles. The normalized spacial score (nSPS) is 20.2. The third kappa shape index (κ3) is 3.51. The highest BCUT2D eigenvalue weighted by atomic mass is 32.2. The fraction of sp³-hybridized carbons (Fsp3) is 0.250. The zero-order valence-electron chi connectivity index (χ0n) is 13.8. The highest BCUT2D eigenvalue weighted by Crippen LogP contribution is 2.26. The number of nitrogens with zero attached hydrogens (tertiary/aromatic N) is 3. The van der Waals surface area contributed by atoms with Crippen molar-refractivity contribution in [2.45, 2.75) is 12.5 Å². The third-order valence-electron chi connectivity index (χ3n) is 4.47. The number of aliphatic imine (C=N–C) groups is 1. The van der Waals surface area contributed by atoms with Gasteiger partial charge in [-0.1, -0.05) is 36.4 Å². The van der Waals surface area contributed by atoms with Crippen LogP contribution >= 0.6 is 11.8 Å². The third-order valence-corrected chi connectivity index (χ3v) is 5.57. The molecule has 5 heteroatoms. The van der Waals surface area contributed by atoms with Crippen molar-refractivity contribution in [1.29, 1.82) is 0 Å². The fourth-order valence-corrected chi connectivity index (χ4v) is 4.19. The van der Waals surface area contributed by atoms with Crippen molar-refractivity contribution in [2.75, 3.05) is 18.8 Å². The molecule has 0 saturated carbocycles. The Labute approximate surface area is 151 Å². The van der Waals surface area contributed by atoms with Crippen LogP contribution in [0.2, 0.25) is 0 Å². The van der Waals surface area contributed by atoms with Crippen molar-refractivity contribution in [3.05, 3.63) is 72.1 Å². The maximum absolute atomic E-state index is 12.9. The molecule has 0 saturated heterocycles. The average Bonchev–Trinajstić information content (AvgIpc) is 3.19. The molecule has 25 heavy (non-hydrogen) atoms. The van der Waals surface area contributed by atoms with Gasteiger partial charge in [0.2, 0.25) is 5.91 Å². The van der Waals surface area contributed by atoms with Gasteiger partial charge < -0.3 is 4.90 Å². The van der Waals surface area contributed by atoms with Gasteiger partial charge in [0.25, 0.3) is 0 Å². The highest BCUT2D eigenvalue weighted by Gasteiger charge is 2.30. The molecule has 0 aliphatic carbocycles. The summed E-state index contributed by atoms with van der Waals surface area (Å²) in [5, 5.41) is 0.973. The number of benzene rings is 1. The van der Waals surface area contributed by atoms with Crippen LogP contribution in [0.1, 0.15) is 17.5 Å². The number of hydrogen-bond acceptors (Lipinski definition) is 4. The number of carbonyl (C=O) groups excluding carboxylic acids is 1. The number of aromatic nitrogens is 1. The van der Waals surface area contributed by atoms with Crippen LogP contribution in [-0.2, 0) is 4.79 Å². The second-order valence-corrected chi connectivity index (χ2v) is 7.15. The van der Waals surface area contributed by atoms with Gasteiger partial charge in [0, 0.05) is 36.8 Å². The lowest BCUT2D eigenvalue weighted by Gasteiger charge is -2.29. The van der Waals surface area contributed by atoms with E-state index < -0.39 is 0 Å². The summed E-state index contributed by atoms with van der Waals surface area (Å²) in [5.74, 6) is 0.867. The summed E-state index contributed by atoms with van der Waals surface area (Å²) in [4.78, 5) is 23.6. The van der Waals surface area contributed by atoms with E-state index in [1.165, 1.54) is 5.57 Å². The minimum atomic E-state index is -0.267. The number of hydrogen-bond donors (Lipinski definition) is 0. The van der Waals surface area contributed by atoms with Gasteiger partial charge in [-0.2, -0.15) is 0 Å². The first-order valence-corrected chi connectivity index (χ1v) is 9.44. The summed E-state index contributed by atoms with van der Waals surface area (Å²) in [6, 6.07) is 13.8. The largest absolute Gasteiger partial charge is 0.336 e. The van der Waals surface area contributed by atoms with Crippen LogP contribution in [0.3, 0.4) is 0 Å². The molecule has 0 unspecified atom stereocenters. The van der Waals surface area contributed by atoms with Crippen LogP contribution in [0.25, 0.3) is 5.57 Å². The van der Waals surface area contributed by atoms with Gasteiger partial charge in [0.1, 0.15) is 6.04 Å². The van der Waals surface area contributed by atoms with Crippen LogP contribution in [0.15, 0.2) is 65.9 Å². The Bertz CT molecular complexity index is 817. The van der Waals surface area contributed by atoms with E-state index in [1.54, 1.807) is 24.2 Å². The Morgan fingerprint density at radius 3 is 2.68 bits per heavy atom. The Hall–Kier alpha value is -2.40. The fourth-order valence-electron chi connectivity index (χ4n) is 3.16. The van der Waals surface area contributed by atoms with Crippen LogP contribution in [-0.4, -0.2) is 45.7 Å². The van der Waals surface area contributed by atoms with E-state index in [2.05, 4.69) is 11.1 Å². The van der Waals surface area contributed by atoms with Crippen molar-refractivity contribution in [1.82, 2.24) is 9.88 Å². The second-order valence-electron chi connectivity index (χ2n) is 6.14. The Morgan fingerprint density at radius 1 is 1.08 bits per heavy atom. The number of carbonyl (C=O) groups is 1. The van der Waals surface area contributed by atoms with Crippen molar-refractivity contribution in [2.24, 2.45) is 4.99 Å². The van der Waals surface area contributed by atoms with Crippen LogP contribution in [0, 0.1) is 0 Å². The summed E-state index contributed by atoms with van der Waals surface area (Å²) in [7, 11) is 0. The summed E-state index contributed by atoms with van der Waals surface area (Å²) in [6.45, 7) is 1.42. The smallest absolute Gasteiger partial charge is 0.248 e. The SMILES string of the molecule is O=C([C@@H]1CSC(c2ccccc2)=N1)N1CCC=C(c2ccncc2)C1. The van der Waals surface area contributed by atoms with Gasteiger partial charge in [0.15, 0.2) is 0 Å². The summed E-state index contributed by atoms with van der Waals surface area (Å²) >= 11 is 1.67.